The molecule has 1 atom stereocenters. The fourth-order valence-corrected chi connectivity index (χ4v) is 7.59. The first kappa shape index (κ1) is 28.8. The topological polar surface area (TPSA) is 85.2 Å². The first-order valence-electron chi connectivity index (χ1n) is 14.9. The summed E-state index contributed by atoms with van der Waals surface area (Å²) in [6, 6.07) is 30.0. The minimum Gasteiger partial charge on any atom is -0.334 e. The van der Waals surface area contributed by atoms with Crippen molar-refractivity contribution in [2.75, 3.05) is 18.1 Å². The lowest BCUT2D eigenvalue weighted by molar-refractivity contribution is 0.0747. The Morgan fingerprint density at radius 1 is 0.930 bits per heavy atom. The quantitative estimate of drug-likeness (QED) is 0.203. The number of hydrogen-bond donors (Lipinski definition) is 0. The van der Waals surface area contributed by atoms with Crippen molar-refractivity contribution in [3.63, 3.8) is 0 Å². The van der Waals surface area contributed by atoms with Gasteiger partial charge in [-0.05, 0) is 48.9 Å². The molecule has 2 aromatic heterocycles. The average Bonchev–Trinajstić information content (AvgIpc) is 3.57. The lowest BCUT2D eigenvalue weighted by Gasteiger charge is -2.24. The van der Waals surface area contributed by atoms with E-state index < -0.39 is 9.84 Å². The van der Waals surface area contributed by atoms with Gasteiger partial charge in [0.25, 0.3) is 5.91 Å². The number of benzene rings is 3. The second-order valence-electron chi connectivity index (χ2n) is 11.3. The summed E-state index contributed by atoms with van der Waals surface area (Å²) >= 11 is 0. The Balaban J connectivity index is 1.47. The molecule has 7 nitrogen and oxygen atoms in total. The molecule has 6 rings (SSSR count). The molecule has 0 N–H and O–H groups in total. The van der Waals surface area contributed by atoms with Crippen LogP contribution >= 0.6 is 0 Å². The molecule has 0 aliphatic carbocycles. The summed E-state index contributed by atoms with van der Waals surface area (Å²) in [6.07, 6.45) is 2.13. The maximum absolute atomic E-state index is 14.6. The monoisotopic (exact) mass is 592 g/mol. The Morgan fingerprint density at radius 2 is 1.60 bits per heavy atom. The fraction of sp³-hybridized carbons (Fsp3) is 0.286. The number of carbonyl (C=O) groups is 1. The average molecular weight is 593 g/mol. The predicted octanol–water partition coefficient (Wildman–Crippen LogP) is 6.21. The number of amides is 1. The molecule has 0 spiro atoms. The SMILES string of the molecule is CCc1ccc(-c2cc(C(=O)N(CCc3ccccc3)Cc3ccccc3)c3c(C)nn(C4CCS(=O)(=O)C4)c3n2)cc1. The van der Waals surface area contributed by atoms with Crippen LogP contribution in [0.15, 0.2) is 91.0 Å². The lowest BCUT2D eigenvalue weighted by atomic mass is 10.0. The number of rotatable bonds is 9. The standard InChI is InChI=1S/C35H36N4O3S/c1-3-26-14-16-29(17-15-26)32-22-31(33-25(2)37-39(34(33)36-32)30-19-21-43(41,42)24-30)35(40)38(23-28-12-8-5-9-13-28)20-18-27-10-6-4-7-11-27/h4-17,22,30H,3,18-21,23-24H2,1-2H3. The van der Waals surface area contributed by atoms with Crippen LogP contribution in [0.5, 0.6) is 0 Å². The van der Waals surface area contributed by atoms with E-state index in [-0.39, 0.29) is 23.5 Å². The highest BCUT2D eigenvalue weighted by molar-refractivity contribution is 7.91. The largest absolute Gasteiger partial charge is 0.334 e. The third-order valence-corrected chi connectivity index (χ3v) is 10.0. The molecule has 5 aromatic rings. The van der Waals surface area contributed by atoms with Gasteiger partial charge in [-0.3, -0.25) is 4.79 Å². The van der Waals surface area contributed by atoms with Gasteiger partial charge in [0.2, 0.25) is 0 Å². The molecule has 3 aromatic carbocycles. The maximum Gasteiger partial charge on any atom is 0.255 e. The van der Waals surface area contributed by atoms with Gasteiger partial charge in [0.1, 0.15) is 0 Å². The normalized spacial score (nSPS) is 16.0. The van der Waals surface area contributed by atoms with Gasteiger partial charge in [-0.2, -0.15) is 5.10 Å². The van der Waals surface area contributed by atoms with E-state index in [4.69, 9.17) is 10.1 Å². The molecular formula is C35H36N4O3S. The third-order valence-electron chi connectivity index (χ3n) is 8.30. The van der Waals surface area contributed by atoms with Gasteiger partial charge in [0.05, 0.1) is 39.9 Å². The highest BCUT2D eigenvalue weighted by Crippen LogP contribution is 2.33. The Morgan fingerprint density at radius 3 is 2.23 bits per heavy atom. The molecular weight excluding hydrogens is 556 g/mol. The van der Waals surface area contributed by atoms with E-state index in [2.05, 4.69) is 31.2 Å². The second-order valence-corrected chi connectivity index (χ2v) is 13.6. The summed E-state index contributed by atoms with van der Waals surface area (Å²) in [5.41, 5.74) is 6.76. The van der Waals surface area contributed by atoms with Gasteiger partial charge in [0, 0.05) is 18.7 Å². The Kier molecular flexibility index (Phi) is 8.13. The summed E-state index contributed by atoms with van der Waals surface area (Å²) in [5, 5.41) is 5.48. The van der Waals surface area contributed by atoms with Crippen LogP contribution in [0.4, 0.5) is 0 Å². The molecule has 3 heterocycles. The first-order valence-corrected chi connectivity index (χ1v) is 16.7. The van der Waals surface area contributed by atoms with Crippen molar-refractivity contribution >= 4 is 26.8 Å². The minimum atomic E-state index is -3.14. The highest BCUT2D eigenvalue weighted by Gasteiger charge is 2.33. The van der Waals surface area contributed by atoms with Crippen LogP contribution in [0.1, 0.15) is 52.1 Å². The van der Waals surface area contributed by atoms with Crippen LogP contribution in [0.25, 0.3) is 22.3 Å². The zero-order valence-corrected chi connectivity index (χ0v) is 25.4. The van der Waals surface area contributed by atoms with E-state index in [1.54, 1.807) is 4.68 Å². The maximum atomic E-state index is 14.6. The van der Waals surface area contributed by atoms with Crippen LogP contribution in [0, 0.1) is 6.92 Å². The first-order chi connectivity index (χ1) is 20.8. The van der Waals surface area contributed by atoms with E-state index in [9.17, 15) is 13.2 Å². The summed E-state index contributed by atoms with van der Waals surface area (Å²) in [5.74, 6) is 0.0630. The summed E-state index contributed by atoms with van der Waals surface area (Å²) in [7, 11) is -3.14. The number of aryl methyl sites for hydroxylation is 2. The summed E-state index contributed by atoms with van der Waals surface area (Å²) in [4.78, 5) is 21.5. The molecule has 0 radical (unpaired) electrons. The van der Waals surface area contributed by atoms with Crippen LogP contribution in [0.2, 0.25) is 0 Å². The van der Waals surface area contributed by atoms with Gasteiger partial charge in [-0.25, -0.2) is 18.1 Å². The van der Waals surface area contributed by atoms with E-state index >= 15 is 0 Å². The van der Waals surface area contributed by atoms with E-state index in [1.807, 2.05) is 78.6 Å². The Bertz CT molecular complexity index is 1850. The second kappa shape index (κ2) is 12.1. The van der Waals surface area contributed by atoms with Gasteiger partial charge in [-0.1, -0.05) is 91.9 Å². The van der Waals surface area contributed by atoms with Gasteiger partial charge < -0.3 is 4.90 Å². The highest BCUT2D eigenvalue weighted by atomic mass is 32.2. The number of carbonyl (C=O) groups excluding carboxylic acids is 1. The molecule has 8 heteroatoms. The van der Waals surface area contributed by atoms with Crippen LogP contribution < -0.4 is 0 Å². The fourth-order valence-electron chi connectivity index (χ4n) is 5.90. The molecule has 1 aliphatic heterocycles. The van der Waals surface area contributed by atoms with Crippen LogP contribution in [0.3, 0.4) is 0 Å². The van der Waals surface area contributed by atoms with Crippen molar-refractivity contribution in [2.24, 2.45) is 0 Å². The van der Waals surface area contributed by atoms with Gasteiger partial charge in [0.15, 0.2) is 15.5 Å². The number of aromatic nitrogens is 3. The van der Waals surface area contributed by atoms with E-state index in [1.165, 1.54) is 5.56 Å². The van der Waals surface area contributed by atoms with E-state index in [0.717, 1.165) is 29.5 Å². The van der Waals surface area contributed by atoms with Crippen molar-refractivity contribution in [3.05, 3.63) is 119 Å². The smallest absolute Gasteiger partial charge is 0.255 e. The van der Waals surface area contributed by atoms with Crippen molar-refractivity contribution in [1.82, 2.24) is 19.7 Å². The zero-order chi connectivity index (χ0) is 30.0. The minimum absolute atomic E-state index is 0.0286. The van der Waals surface area contributed by atoms with Crippen LogP contribution in [-0.4, -0.2) is 52.0 Å². The van der Waals surface area contributed by atoms with Crippen molar-refractivity contribution in [1.29, 1.82) is 0 Å². The molecule has 1 amide bonds. The summed E-state index contributed by atoms with van der Waals surface area (Å²) in [6.45, 7) is 4.99. The number of pyridine rings is 1. The third kappa shape index (κ3) is 6.25. The number of nitrogens with zero attached hydrogens (tertiary/aromatic N) is 4. The Hall–Kier alpha value is -4.30. The zero-order valence-electron chi connectivity index (χ0n) is 24.6. The van der Waals surface area contributed by atoms with Crippen LogP contribution in [-0.2, 0) is 29.2 Å². The van der Waals surface area contributed by atoms with Crippen molar-refractivity contribution in [3.8, 4) is 11.3 Å². The molecule has 0 bridgehead atoms. The molecule has 1 unspecified atom stereocenters. The van der Waals surface area contributed by atoms with E-state index in [0.29, 0.717) is 47.5 Å². The van der Waals surface area contributed by atoms with Crippen molar-refractivity contribution in [2.45, 2.75) is 45.7 Å². The Labute approximate surface area is 253 Å². The number of sulfone groups is 1. The summed E-state index contributed by atoms with van der Waals surface area (Å²) < 4.78 is 26.6. The van der Waals surface area contributed by atoms with Crippen molar-refractivity contribution < 1.29 is 13.2 Å². The number of fused-ring (bicyclic) bond motifs is 1. The van der Waals surface area contributed by atoms with Gasteiger partial charge in [-0.15, -0.1) is 0 Å². The van der Waals surface area contributed by atoms with Gasteiger partial charge >= 0.3 is 0 Å². The molecule has 0 saturated carbocycles. The molecule has 1 saturated heterocycles. The number of hydrogen-bond acceptors (Lipinski definition) is 5. The molecule has 220 valence electrons. The molecule has 43 heavy (non-hydrogen) atoms. The molecule has 1 fully saturated rings. The predicted molar refractivity (Wildman–Crippen MR) is 171 cm³/mol. The lowest BCUT2D eigenvalue weighted by Crippen LogP contribution is -2.33. The molecule has 1 aliphatic rings.